The molecule has 0 radical (unpaired) electrons. The van der Waals surface area contributed by atoms with Gasteiger partial charge in [-0.15, -0.1) is 0 Å². The molecule has 18 heavy (non-hydrogen) atoms. The van der Waals surface area contributed by atoms with Gasteiger partial charge >= 0.3 is 0 Å². The summed E-state index contributed by atoms with van der Waals surface area (Å²) in [7, 11) is 0. The standard InChI is InChI=1S/C13H8F2N2O/c14-9-4-10(15)6-12(5-9)18-13-2-1-11(17)3-8(13)7-16/h1-6H,17H2. The van der Waals surface area contributed by atoms with Gasteiger partial charge in [-0.3, -0.25) is 0 Å². The summed E-state index contributed by atoms with van der Waals surface area (Å²) in [5, 5.41) is 8.90. The molecule has 2 N–H and O–H groups in total. The van der Waals surface area contributed by atoms with Crippen molar-refractivity contribution >= 4 is 5.69 Å². The number of benzene rings is 2. The van der Waals surface area contributed by atoms with Crippen LogP contribution in [0.25, 0.3) is 0 Å². The van der Waals surface area contributed by atoms with Crippen molar-refractivity contribution in [1.82, 2.24) is 0 Å². The SMILES string of the molecule is N#Cc1cc(N)ccc1Oc1cc(F)cc(F)c1. The van der Waals surface area contributed by atoms with Crippen LogP contribution in [-0.2, 0) is 0 Å². The Morgan fingerprint density at radius 2 is 1.72 bits per heavy atom. The number of halogens is 2. The molecule has 2 aromatic carbocycles. The summed E-state index contributed by atoms with van der Waals surface area (Å²) in [6.45, 7) is 0. The molecule has 0 heterocycles. The molecule has 0 aromatic heterocycles. The molecule has 0 atom stereocenters. The zero-order valence-corrected chi connectivity index (χ0v) is 9.15. The highest BCUT2D eigenvalue weighted by Gasteiger charge is 2.07. The second kappa shape index (κ2) is 4.72. The van der Waals surface area contributed by atoms with Crippen LogP contribution >= 0.6 is 0 Å². The smallest absolute Gasteiger partial charge is 0.145 e. The van der Waals surface area contributed by atoms with E-state index in [9.17, 15) is 8.78 Å². The summed E-state index contributed by atoms with van der Waals surface area (Å²) in [6.07, 6.45) is 0. The van der Waals surface area contributed by atoms with E-state index in [4.69, 9.17) is 15.7 Å². The fourth-order valence-corrected chi connectivity index (χ4v) is 1.44. The molecule has 90 valence electrons. The van der Waals surface area contributed by atoms with Gasteiger partial charge in [0.25, 0.3) is 0 Å². The lowest BCUT2D eigenvalue weighted by Crippen LogP contribution is -1.92. The third kappa shape index (κ3) is 2.55. The monoisotopic (exact) mass is 246 g/mol. The Bertz CT molecular complexity index is 615. The minimum absolute atomic E-state index is 0.0197. The van der Waals surface area contributed by atoms with E-state index in [0.717, 1.165) is 18.2 Å². The lowest BCUT2D eigenvalue weighted by molar-refractivity contribution is 0.467. The van der Waals surface area contributed by atoms with Crippen LogP contribution in [0, 0.1) is 23.0 Å². The summed E-state index contributed by atoms with van der Waals surface area (Å²) < 4.78 is 31.2. The lowest BCUT2D eigenvalue weighted by atomic mass is 10.2. The number of nitriles is 1. The molecule has 0 bridgehead atoms. The summed E-state index contributed by atoms with van der Waals surface area (Å²) in [6, 6.07) is 9.11. The Hall–Kier alpha value is -2.61. The van der Waals surface area contributed by atoms with E-state index in [1.54, 1.807) is 0 Å². The first kappa shape index (κ1) is 11.9. The first-order chi connectivity index (χ1) is 8.58. The van der Waals surface area contributed by atoms with Crippen LogP contribution in [0.4, 0.5) is 14.5 Å². The number of nitrogens with zero attached hydrogens (tertiary/aromatic N) is 1. The van der Waals surface area contributed by atoms with Crippen LogP contribution in [0.15, 0.2) is 36.4 Å². The Morgan fingerprint density at radius 3 is 2.33 bits per heavy atom. The third-order valence-electron chi connectivity index (χ3n) is 2.19. The Morgan fingerprint density at radius 1 is 1.06 bits per heavy atom. The average Bonchev–Trinajstić information content (AvgIpc) is 2.30. The van der Waals surface area contributed by atoms with Crippen LogP contribution in [0.1, 0.15) is 5.56 Å². The van der Waals surface area contributed by atoms with E-state index < -0.39 is 11.6 Å². The van der Waals surface area contributed by atoms with Crippen LogP contribution in [-0.4, -0.2) is 0 Å². The zero-order chi connectivity index (χ0) is 13.1. The van der Waals surface area contributed by atoms with Crippen LogP contribution in [0.2, 0.25) is 0 Å². The van der Waals surface area contributed by atoms with Crippen molar-refractivity contribution in [2.45, 2.75) is 0 Å². The molecule has 3 nitrogen and oxygen atoms in total. The van der Waals surface area contributed by atoms with Crippen molar-refractivity contribution in [2.75, 3.05) is 5.73 Å². The van der Waals surface area contributed by atoms with Crippen molar-refractivity contribution in [1.29, 1.82) is 5.26 Å². The van der Waals surface area contributed by atoms with Crippen LogP contribution in [0.3, 0.4) is 0 Å². The zero-order valence-electron chi connectivity index (χ0n) is 9.15. The number of nitrogen functional groups attached to an aromatic ring is 1. The second-order valence-electron chi connectivity index (χ2n) is 3.57. The fraction of sp³-hybridized carbons (Fsp3) is 0. The number of ether oxygens (including phenoxy) is 1. The maximum Gasteiger partial charge on any atom is 0.145 e. The molecule has 0 amide bonds. The van der Waals surface area contributed by atoms with Gasteiger partial charge in [0.2, 0.25) is 0 Å². The molecule has 0 fully saturated rings. The number of nitrogens with two attached hydrogens (primary N) is 1. The molecular formula is C13H8F2N2O. The van der Waals surface area contributed by atoms with E-state index in [1.807, 2.05) is 6.07 Å². The Labute approximate surface area is 102 Å². The summed E-state index contributed by atoms with van der Waals surface area (Å²) in [5.41, 5.74) is 6.12. The van der Waals surface area contributed by atoms with E-state index in [-0.39, 0.29) is 17.1 Å². The highest BCUT2D eigenvalue weighted by molar-refractivity contribution is 5.54. The minimum Gasteiger partial charge on any atom is -0.456 e. The van der Waals surface area contributed by atoms with Gasteiger partial charge < -0.3 is 10.5 Å². The molecule has 5 heteroatoms. The molecule has 0 saturated heterocycles. The predicted molar refractivity (Wildman–Crippen MR) is 62.0 cm³/mol. The number of rotatable bonds is 2. The van der Waals surface area contributed by atoms with Crippen LogP contribution in [0.5, 0.6) is 11.5 Å². The summed E-state index contributed by atoms with van der Waals surface area (Å²) in [4.78, 5) is 0. The van der Waals surface area contributed by atoms with Gasteiger partial charge in [-0.25, -0.2) is 8.78 Å². The van der Waals surface area contributed by atoms with E-state index in [1.165, 1.54) is 18.2 Å². The normalized spacial score (nSPS) is 9.83. The van der Waals surface area contributed by atoms with Crippen molar-refractivity contribution < 1.29 is 13.5 Å². The first-order valence-electron chi connectivity index (χ1n) is 5.02. The van der Waals surface area contributed by atoms with Crippen molar-refractivity contribution in [3.63, 3.8) is 0 Å². The highest BCUT2D eigenvalue weighted by Crippen LogP contribution is 2.27. The topological polar surface area (TPSA) is 59.0 Å². The number of anilines is 1. The molecular weight excluding hydrogens is 238 g/mol. The van der Waals surface area contributed by atoms with Gasteiger partial charge in [0.15, 0.2) is 0 Å². The molecule has 2 aromatic rings. The third-order valence-corrected chi connectivity index (χ3v) is 2.19. The lowest BCUT2D eigenvalue weighted by Gasteiger charge is -2.08. The van der Waals surface area contributed by atoms with Gasteiger partial charge in [0, 0.05) is 23.9 Å². The van der Waals surface area contributed by atoms with E-state index in [0.29, 0.717) is 5.69 Å². The van der Waals surface area contributed by atoms with Gasteiger partial charge in [0.1, 0.15) is 29.2 Å². The molecule has 0 saturated carbocycles. The predicted octanol–water partition coefficient (Wildman–Crippen LogP) is 3.21. The maximum atomic E-state index is 13.0. The van der Waals surface area contributed by atoms with Gasteiger partial charge in [-0.05, 0) is 18.2 Å². The Balaban J connectivity index is 2.37. The van der Waals surface area contributed by atoms with Crippen LogP contribution < -0.4 is 10.5 Å². The van der Waals surface area contributed by atoms with E-state index >= 15 is 0 Å². The van der Waals surface area contributed by atoms with Crippen molar-refractivity contribution in [3.05, 3.63) is 53.6 Å². The Kier molecular flexibility index (Phi) is 3.11. The van der Waals surface area contributed by atoms with Crippen molar-refractivity contribution in [2.24, 2.45) is 0 Å². The molecule has 0 aliphatic heterocycles. The molecule has 0 aliphatic carbocycles. The largest absolute Gasteiger partial charge is 0.456 e. The van der Waals surface area contributed by atoms with E-state index in [2.05, 4.69) is 0 Å². The fourth-order valence-electron chi connectivity index (χ4n) is 1.44. The molecule has 2 rings (SSSR count). The quantitative estimate of drug-likeness (QED) is 0.827. The van der Waals surface area contributed by atoms with Crippen molar-refractivity contribution in [3.8, 4) is 17.6 Å². The van der Waals surface area contributed by atoms with Gasteiger partial charge in [-0.2, -0.15) is 5.26 Å². The summed E-state index contributed by atoms with van der Waals surface area (Å²) in [5.74, 6) is -1.33. The molecule has 0 aliphatic rings. The van der Waals surface area contributed by atoms with Gasteiger partial charge in [-0.1, -0.05) is 0 Å². The first-order valence-corrected chi connectivity index (χ1v) is 5.02. The second-order valence-corrected chi connectivity index (χ2v) is 3.57. The molecule has 0 unspecified atom stereocenters. The molecule has 0 spiro atoms. The number of hydrogen-bond acceptors (Lipinski definition) is 3. The minimum atomic E-state index is -0.751. The highest BCUT2D eigenvalue weighted by atomic mass is 19.1. The number of hydrogen-bond donors (Lipinski definition) is 1. The average molecular weight is 246 g/mol. The maximum absolute atomic E-state index is 13.0. The summed E-state index contributed by atoms with van der Waals surface area (Å²) >= 11 is 0. The van der Waals surface area contributed by atoms with Gasteiger partial charge in [0.05, 0.1) is 5.56 Å².